The van der Waals surface area contributed by atoms with Crippen LogP contribution in [0.4, 0.5) is 4.39 Å². The lowest BCUT2D eigenvalue weighted by atomic mass is 10.5. The van der Waals surface area contributed by atoms with Crippen molar-refractivity contribution in [2.24, 2.45) is 0 Å². The lowest BCUT2D eigenvalue weighted by molar-refractivity contribution is -0.871. The maximum absolute atomic E-state index is 11.6. The third-order valence-electron chi connectivity index (χ3n) is 1.09. The van der Waals surface area contributed by atoms with Gasteiger partial charge in [0.1, 0.15) is 12.0 Å². The highest BCUT2D eigenvalue weighted by molar-refractivity contribution is 7.99. The number of thioether (sulfide) groups is 1. The summed E-state index contributed by atoms with van der Waals surface area (Å²) in [6.07, 6.45) is 0. The number of likely N-dealkylation sites (N-methyl/N-ethyl adjacent to an activating group) is 1. The number of hydrogen-bond donors (Lipinski definition) is 1. The summed E-state index contributed by atoms with van der Waals surface area (Å²) in [5.74, 6) is 0.390. The van der Waals surface area contributed by atoms with Crippen LogP contribution in [-0.2, 0) is 0 Å². The molecular weight excluding hydrogens is 165 g/mol. The molecule has 1 unspecified atom stereocenters. The molecule has 1 N–H and O–H groups in total. The second-order valence-corrected chi connectivity index (χ2v) is 4.77. The number of nitrogens with zero attached hydrogens (tertiary/aromatic N) is 1. The average molecular weight is 182 g/mol. The van der Waals surface area contributed by atoms with Gasteiger partial charge in [0, 0.05) is 5.75 Å². The predicted molar refractivity (Wildman–Crippen MR) is 47.3 cm³/mol. The normalized spacial score (nSPS) is 15.0. The maximum atomic E-state index is 11.6. The van der Waals surface area contributed by atoms with Crippen LogP contribution in [-0.4, -0.2) is 55.1 Å². The monoisotopic (exact) mass is 182 g/mol. The Bertz CT molecular complexity index is 105. The van der Waals surface area contributed by atoms with Gasteiger partial charge in [-0.25, -0.2) is 0 Å². The summed E-state index contributed by atoms with van der Waals surface area (Å²) < 4.78 is 12.4. The standard InChI is InChI=1S/C7H17FNOS/c1-9(2,3)6-7(10)11-5-4-8/h7,10H,4-6H2,1-3H3/q+1. The molecule has 4 heteroatoms. The Morgan fingerprint density at radius 1 is 1.45 bits per heavy atom. The number of rotatable bonds is 5. The van der Waals surface area contributed by atoms with E-state index in [1.165, 1.54) is 11.8 Å². The van der Waals surface area contributed by atoms with Gasteiger partial charge >= 0.3 is 0 Å². The van der Waals surface area contributed by atoms with Crippen LogP contribution in [0.5, 0.6) is 0 Å². The second-order valence-electron chi connectivity index (χ2n) is 3.49. The maximum Gasteiger partial charge on any atom is 0.148 e. The molecule has 0 aliphatic heterocycles. The highest BCUT2D eigenvalue weighted by Crippen LogP contribution is 2.10. The zero-order valence-electron chi connectivity index (χ0n) is 7.38. The number of aliphatic hydroxyl groups excluding tert-OH is 1. The van der Waals surface area contributed by atoms with Crippen molar-refractivity contribution in [2.75, 3.05) is 40.1 Å². The van der Waals surface area contributed by atoms with E-state index in [1.54, 1.807) is 0 Å². The number of alkyl halides is 1. The molecule has 0 aromatic rings. The molecule has 0 spiro atoms. The van der Waals surface area contributed by atoms with Gasteiger partial charge in [-0.2, -0.15) is 0 Å². The predicted octanol–water partition coefficient (Wildman–Crippen LogP) is 0.714. The van der Waals surface area contributed by atoms with Gasteiger partial charge in [0.2, 0.25) is 0 Å². The summed E-state index contributed by atoms with van der Waals surface area (Å²) in [6, 6.07) is 0. The van der Waals surface area contributed by atoms with Gasteiger partial charge < -0.3 is 9.59 Å². The van der Waals surface area contributed by atoms with E-state index in [0.717, 1.165) is 0 Å². The molecule has 0 aromatic carbocycles. The van der Waals surface area contributed by atoms with Crippen LogP contribution in [0.3, 0.4) is 0 Å². The summed E-state index contributed by atoms with van der Waals surface area (Å²) >= 11 is 1.27. The van der Waals surface area contributed by atoms with Crippen molar-refractivity contribution in [1.29, 1.82) is 0 Å². The molecule has 0 saturated heterocycles. The second kappa shape index (κ2) is 4.95. The van der Waals surface area contributed by atoms with E-state index in [1.807, 2.05) is 21.1 Å². The lowest BCUT2D eigenvalue weighted by Crippen LogP contribution is -2.40. The van der Waals surface area contributed by atoms with Crippen molar-refractivity contribution in [3.8, 4) is 0 Å². The van der Waals surface area contributed by atoms with Crippen LogP contribution in [0.1, 0.15) is 0 Å². The first-order valence-electron chi connectivity index (χ1n) is 3.62. The molecule has 0 aromatic heterocycles. The smallest absolute Gasteiger partial charge is 0.148 e. The third-order valence-corrected chi connectivity index (χ3v) is 2.02. The molecule has 11 heavy (non-hydrogen) atoms. The van der Waals surface area contributed by atoms with E-state index in [9.17, 15) is 9.50 Å². The molecule has 2 nitrogen and oxygen atoms in total. The van der Waals surface area contributed by atoms with Gasteiger partial charge in [0.05, 0.1) is 27.8 Å². The van der Waals surface area contributed by atoms with Crippen LogP contribution in [0.15, 0.2) is 0 Å². The molecule has 1 atom stereocenters. The number of aliphatic hydroxyl groups is 1. The van der Waals surface area contributed by atoms with Crippen molar-refractivity contribution in [3.63, 3.8) is 0 Å². The quantitative estimate of drug-likeness (QED) is 0.499. The Balaban J connectivity index is 3.44. The Morgan fingerprint density at radius 3 is 2.36 bits per heavy atom. The van der Waals surface area contributed by atoms with Crippen molar-refractivity contribution in [1.82, 2.24) is 0 Å². The first-order chi connectivity index (χ1) is 4.95. The number of halogens is 1. The summed E-state index contributed by atoms with van der Waals surface area (Å²) in [5, 5.41) is 9.30. The van der Waals surface area contributed by atoms with Crippen LogP contribution < -0.4 is 0 Å². The minimum atomic E-state index is -0.439. The Morgan fingerprint density at radius 2 is 2.00 bits per heavy atom. The fraction of sp³-hybridized carbons (Fsp3) is 1.00. The molecule has 0 aliphatic carbocycles. The van der Waals surface area contributed by atoms with Crippen molar-refractivity contribution in [3.05, 3.63) is 0 Å². The Kier molecular flexibility index (Phi) is 5.04. The topological polar surface area (TPSA) is 20.2 Å². The molecule has 0 heterocycles. The number of hydrogen-bond acceptors (Lipinski definition) is 2. The van der Waals surface area contributed by atoms with E-state index < -0.39 is 5.44 Å². The van der Waals surface area contributed by atoms with Gasteiger partial charge in [-0.05, 0) is 0 Å². The molecule has 0 saturated carbocycles. The lowest BCUT2D eigenvalue weighted by Gasteiger charge is -2.26. The Hall–Kier alpha value is 0.200. The van der Waals surface area contributed by atoms with Crippen molar-refractivity contribution >= 4 is 11.8 Å². The van der Waals surface area contributed by atoms with E-state index in [4.69, 9.17) is 0 Å². The van der Waals surface area contributed by atoms with Gasteiger partial charge in [-0.1, -0.05) is 0 Å². The summed E-state index contributed by atoms with van der Waals surface area (Å²) in [7, 11) is 6.00. The van der Waals surface area contributed by atoms with Crippen LogP contribution in [0.25, 0.3) is 0 Å². The Labute approximate surface area is 72.0 Å². The molecule has 0 amide bonds. The van der Waals surface area contributed by atoms with Crippen molar-refractivity contribution < 1.29 is 14.0 Å². The first-order valence-corrected chi connectivity index (χ1v) is 4.66. The van der Waals surface area contributed by atoms with E-state index in [-0.39, 0.29) is 6.67 Å². The van der Waals surface area contributed by atoms with E-state index >= 15 is 0 Å². The SMILES string of the molecule is C[N+](C)(C)CC(O)SCCF. The van der Waals surface area contributed by atoms with Crippen LogP contribution in [0.2, 0.25) is 0 Å². The third kappa shape index (κ3) is 8.10. The zero-order valence-corrected chi connectivity index (χ0v) is 8.20. The zero-order chi connectivity index (χ0) is 8.91. The molecule has 0 bridgehead atoms. The minimum Gasteiger partial charge on any atom is -0.377 e. The summed E-state index contributed by atoms with van der Waals surface area (Å²) in [5.41, 5.74) is -0.439. The highest BCUT2D eigenvalue weighted by atomic mass is 32.2. The van der Waals surface area contributed by atoms with E-state index in [2.05, 4.69) is 0 Å². The summed E-state index contributed by atoms with van der Waals surface area (Å²) in [6.45, 7) is 0.295. The van der Waals surface area contributed by atoms with Gasteiger partial charge in [0.25, 0.3) is 0 Å². The largest absolute Gasteiger partial charge is 0.377 e. The molecule has 68 valence electrons. The van der Waals surface area contributed by atoms with Crippen LogP contribution in [0, 0.1) is 0 Å². The van der Waals surface area contributed by atoms with Gasteiger partial charge in [-0.3, -0.25) is 4.39 Å². The average Bonchev–Trinajstić information content (AvgIpc) is 1.79. The van der Waals surface area contributed by atoms with Gasteiger partial charge in [-0.15, -0.1) is 11.8 Å². The minimum absolute atomic E-state index is 0.362. The molecular formula is C7H17FNOS+. The van der Waals surface area contributed by atoms with E-state index in [0.29, 0.717) is 16.8 Å². The number of quaternary nitrogens is 1. The summed E-state index contributed by atoms with van der Waals surface area (Å²) in [4.78, 5) is 0. The van der Waals surface area contributed by atoms with Gasteiger partial charge in [0.15, 0.2) is 0 Å². The molecule has 0 aliphatic rings. The first kappa shape index (κ1) is 11.2. The fourth-order valence-corrected chi connectivity index (χ4v) is 1.62. The van der Waals surface area contributed by atoms with Crippen LogP contribution >= 0.6 is 11.8 Å². The van der Waals surface area contributed by atoms with Crippen molar-refractivity contribution in [2.45, 2.75) is 5.44 Å². The fourth-order valence-electron chi connectivity index (χ4n) is 0.702. The molecule has 0 rings (SSSR count). The highest BCUT2D eigenvalue weighted by Gasteiger charge is 2.14. The molecule has 0 fully saturated rings. The molecule has 0 radical (unpaired) electrons.